The van der Waals surface area contributed by atoms with Gasteiger partial charge >= 0.3 is 0 Å². The number of anilines is 1. The van der Waals surface area contributed by atoms with Crippen LogP contribution in [0, 0.1) is 25.2 Å². The number of aryl methyl sites for hydroxylation is 2. The van der Waals surface area contributed by atoms with E-state index in [9.17, 15) is 0 Å². The zero-order chi connectivity index (χ0) is 13.8. The van der Waals surface area contributed by atoms with Crippen molar-refractivity contribution in [3.63, 3.8) is 0 Å². The molecule has 102 valence electrons. The van der Waals surface area contributed by atoms with Crippen LogP contribution in [0.5, 0.6) is 0 Å². The van der Waals surface area contributed by atoms with Gasteiger partial charge in [-0.15, -0.1) is 0 Å². The lowest BCUT2D eigenvalue weighted by Gasteiger charge is -2.36. The zero-order valence-electron chi connectivity index (χ0n) is 11.9. The van der Waals surface area contributed by atoms with Crippen LogP contribution in [0.1, 0.15) is 24.7 Å². The van der Waals surface area contributed by atoms with Crippen LogP contribution in [0.15, 0.2) is 6.07 Å². The number of rotatable bonds is 3. The maximum Gasteiger partial charge on any atom is 0.225 e. The third kappa shape index (κ3) is 3.21. The first-order chi connectivity index (χ1) is 9.13. The molecule has 0 amide bonds. The fraction of sp³-hybridized carbons (Fsp3) is 0.643. The number of hydrogen-bond acceptors (Lipinski definition) is 5. The molecule has 1 atom stereocenters. The van der Waals surface area contributed by atoms with E-state index in [2.05, 4.69) is 32.8 Å². The van der Waals surface area contributed by atoms with Crippen LogP contribution in [0.25, 0.3) is 0 Å². The Hall–Kier alpha value is -1.67. The molecule has 1 aliphatic heterocycles. The summed E-state index contributed by atoms with van der Waals surface area (Å²) in [4.78, 5) is 13.5. The van der Waals surface area contributed by atoms with Crippen molar-refractivity contribution in [3.8, 4) is 6.07 Å². The van der Waals surface area contributed by atoms with Crippen LogP contribution in [-0.2, 0) is 0 Å². The predicted molar refractivity (Wildman–Crippen MR) is 75.0 cm³/mol. The molecule has 1 saturated heterocycles. The number of nitriles is 1. The smallest absolute Gasteiger partial charge is 0.225 e. The summed E-state index contributed by atoms with van der Waals surface area (Å²) in [5, 5.41) is 9.10. The lowest BCUT2D eigenvalue weighted by atomic mass is 10.2. The second-order valence-electron chi connectivity index (χ2n) is 5.03. The van der Waals surface area contributed by atoms with Crippen molar-refractivity contribution in [3.05, 3.63) is 17.5 Å². The number of aromatic nitrogens is 2. The Labute approximate surface area is 114 Å². The second-order valence-corrected chi connectivity index (χ2v) is 5.03. The lowest BCUT2D eigenvalue weighted by molar-refractivity contribution is 0.215. The minimum atomic E-state index is 0.0438. The number of piperazine rings is 1. The minimum Gasteiger partial charge on any atom is -0.338 e. The largest absolute Gasteiger partial charge is 0.338 e. The SMILES string of the molecule is CCC(C#N)N1CCN(c2nc(C)cc(C)n2)CC1. The van der Waals surface area contributed by atoms with E-state index in [-0.39, 0.29) is 6.04 Å². The van der Waals surface area contributed by atoms with Gasteiger partial charge in [0.15, 0.2) is 0 Å². The highest BCUT2D eigenvalue weighted by Crippen LogP contribution is 2.14. The Balaban J connectivity index is 2.02. The first-order valence-electron chi connectivity index (χ1n) is 6.85. The van der Waals surface area contributed by atoms with E-state index in [1.54, 1.807) is 0 Å². The molecule has 5 heteroatoms. The summed E-state index contributed by atoms with van der Waals surface area (Å²) in [5.74, 6) is 0.821. The molecule has 0 radical (unpaired) electrons. The van der Waals surface area contributed by atoms with E-state index in [0.29, 0.717) is 0 Å². The zero-order valence-corrected chi connectivity index (χ0v) is 11.9. The minimum absolute atomic E-state index is 0.0438. The molecule has 19 heavy (non-hydrogen) atoms. The molecule has 0 bridgehead atoms. The molecular weight excluding hydrogens is 238 g/mol. The van der Waals surface area contributed by atoms with Gasteiger partial charge in [0.1, 0.15) is 0 Å². The topological polar surface area (TPSA) is 56.1 Å². The quantitative estimate of drug-likeness (QED) is 0.823. The van der Waals surface area contributed by atoms with E-state index < -0.39 is 0 Å². The third-order valence-corrected chi connectivity index (χ3v) is 3.54. The molecule has 1 aromatic rings. The number of nitrogens with zero attached hydrogens (tertiary/aromatic N) is 5. The molecule has 1 aromatic heterocycles. The van der Waals surface area contributed by atoms with Crippen LogP contribution >= 0.6 is 0 Å². The van der Waals surface area contributed by atoms with Gasteiger partial charge in [-0.1, -0.05) is 6.92 Å². The van der Waals surface area contributed by atoms with E-state index in [0.717, 1.165) is 49.9 Å². The van der Waals surface area contributed by atoms with Crippen LogP contribution in [0.3, 0.4) is 0 Å². The van der Waals surface area contributed by atoms with E-state index >= 15 is 0 Å². The summed E-state index contributed by atoms with van der Waals surface area (Å²) < 4.78 is 0. The maximum atomic E-state index is 9.10. The standard InChI is InChI=1S/C14H21N5/c1-4-13(10-15)18-5-7-19(8-6-18)14-16-11(2)9-12(3)17-14/h9,13H,4-8H2,1-3H3. The van der Waals surface area contributed by atoms with Crippen molar-refractivity contribution >= 4 is 5.95 Å². The Morgan fingerprint density at radius 1 is 1.21 bits per heavy atom. The first kappa shape index (κ1) is 13.8. The highest BCUT2D eigenvalue weighted by atomic mass is 15.3. The number of hydrogen-bond donors (Lipinski definition) is 0. The fourth-order valence-corrected chi connectivity index (χ4v) is 2.51. The molecule has 5 nitrogen and oxygen atoms in total. The molecule has 1 unspecified atom stereocenters. The average Bonchev–Trinajstić information content (AvgIpc) is 2.40. The third-order valence-electron chi connectivity index (χ3n) is 3.54. The van der Waals surface area contributed by atoms with Crippen molar-refractivity contribution in [2.24, 2.45) is 0 Å². The Morgan fingerprint density at radius 2 is 1.79 bits per heavy atom. The van der Waals surface area contributed by atoms with Crippen molar-refractivity contribution < 1.29 is 0 Å². The van der Waals surface area contributed by atoms with Crippen LogP contribution in [0.4, 0.5) is 5.95 Å². The van der Waals surface area contributed by atoms with Gasteiger partial charge in [0, 0.05) is 37.6 Å². The summed E-state index contributed by atoms with van der Waals surface area (Å²) in [5.41, 5.74) is 2.02. The van der Waals surface area contributed by atoms with Crippen molar-refractivity contribution in [2.75, 3.05) is 31.1 Å². The van der Waals surface area contributed by atoms with Crippen molar-refractivity contribution in [1.82, 2.24) is 14.9 Å². The lowest BCUT2D eigenvalue weighted by Crippen LogP contribution is -2.50. The van der Waals surface area contributed by atoms with Gasteiger partial charge in [-0.05, 0) is 26.3 Å². The molecule has 0 aliphatic carbocycles. The highest BCUT2D eigenvalue weighted by molar-refractivity contribution is 5.33. The predicted octanol–water partition coefficient (Wildman–Crippen LogP) is 1.52. The highest BCUT2D eigenvalue weighted by Gasteiger charge is 2.23. The molecule has 0 N–H and O–H groups in total. The van der Waals surface area contributed by atoms with Gasteiger partial charge in [0.25, 0.3) is 0 Å². The summed E-state index contributed by atoms with van der Waals surface area (Å²) in [6.45, 7) is 9.65. The monoisotopic (exact) mass is 259 g/mol. The van der Waals surface area contributed by atoms with E-state index in [4.69, 9.17) is 5.26 Å². The molecule has 0 aromatic carbocycles. The van der Waals surface area contributed by atoms with Gasteiger partial charge in [-0.2, -0.15) is 5.26 Å². The Bertz CT molecular complexity index is 451. The van der Waals surface area contributed by atoms with Crippen LogP contribution in [-0.4, -0.2) is 47.1 Å². The molecule has 0 saturated carbocycles. The van der Waals surface area contributed by atoms with Gasteiger partial charge in [-0.3, -0.25) is 4.90 Å². The van der Waals surface area contributed by atoms with Crippen LogP contribution < -0.4 is 4.90 Å². The average molecular weight is 259 g/mol. The molecule has 2 heterocycles. The fourth-order valence-electron chi connectivity index (χ4n) is 2.51. The molecular formula is C14H21N5. The maximum absolute atomic E-state index is 9.10. The molecule has 2 rings (SSSR count). The first-order valence-corrected chi connectivity index (χ1v) is 6.85. The summed E-state index contributed by atoms with van der Waals surface area (Å²) in [6, 6.07) is 4.40. The molecule has 1 aliphatic rings. The van der Waals surface area contributed by atoms with E-state index in [1.165, 1.54) is 0 Å². The van der Waals surface area contributed by atoms with Gasteiger partial charge in [-0.25, -0.2) is 9.97 Å². The van der Waals surface area contributed by atoms with Crippen molar-refractivity contribution in [1.29, 1.82) is 5.26 Å². The van der Waals surface area contributed by atoms with Crippen LogP contribution in [0.2, 0.25) is 0 Å². The van der Waals surface area contributed by atoms with Gasteiger partial charge < -0.3 is 4.90 Å². The summed E-state index contributed by atoms with van der Waals surface area (Å²) >= 11 is 0. The Morgan fingerprint density at radius 3 is 2.26 bits per heavy atom. The molecule has 1 fully saturated rings. The summed E-state index contributed by atoms with van der Waals surface area (Å²) in [7, 11) is 0. The van der Waals surface area contributed by atoms with Gasteiger partial charge in [0.2, 0.25) is 5.95 Å². The second kappa shape index (κ2) is 5.98. The van der Waals surface area contributed by atoms with E-state index in [1.807, 2.05) is 19.9 Å². The van der Waals surface area contributed by atoms with Gasteiger partial charge in [0.05, 0.1) is 12.1 Å². The molecule has 0 spiro atoms. The Kier molecular flexibility index (Phi) is 4.33. The normalized spacial score (nSPS) is 18.1. The van der Waals surface area contributed by atoms with Crippen molar-refractivity contribution in [2.45, 2.75) is 33.2 Å². The summed E-state index contributed by atoms with van der Waals surface area (Å²) in [6.07, 6.45) is 0.885.